The molecule has 0 bridgehead atoms. The Morgan fingerprint density at radius 3 is 1.92 bits per heavy atom. The second-order valence-corrected chi connectivity index (χ2v) is 8.32. The standard InChI is InChI=1S/C20H34O4S.Na/c1-4-6-8-11-18-13-10-14-19(12-9-7-5-2)20(18)24-17(3)15-16-25(21,22)23;/h10,13-14,17H,4-9,11-12,15-16H2,1-3H3,(H,21,22,23);/q;+1/p-1. The predicted molar refractivity (Wildman–Crippen MR) is 102 cm³/mol. The number of para-hydroxylation sites is 1. The summed E-state index contributed by atoms with van der Waals surface area (Å²) in [6, 6.07) is 6.29. The van der Waals surface area contributed by atoms with Gasteiger partial charge in [-0.25, -0.2) is 8.42 Å². The van der Waals surface area contributed by atoms with Crippen molar-refractivity contribution in [1.29, 1.82) is 0 Å². The molecule has 4 nitrogen and oxygen atoms in total. The van der Waals surface area contributed by atoms with Crippen molar-refractivity contribution in [2.24, 2.45) is 0 Å². The minimum absolute atomic E-state index is 0. The van der Waals surface area contributed by atoms with E-state index in [4.69, 9.17) is 4.74 Å². The van der Waals surface area contributed by atoms with Crippen LogP contribution in [-0.4, -0.2) is 24.8 Å². The van der Waals surface area contributed by atoms with Crippen LogP contribution < -0.4 is 34.3 Å². The summed E-state index contributed by atoms with van der Waals surface area (Å²) in [6.07, 6.45) is 8.82. The van der Waals surface area contributed by atoms with Crippen LogP contribution in [0.25, 0.3) is 0 Å². The maximum atomic E-state index is 10.9. The van der Waals surface area contributed by atoms with Gasteiger partial charge in [0.1, 0.15) is 5.75 Å². The minimum Gasteiger partial charge on any atom is -0.748 e. The molecule has 0 aromatic heterocycles. The van der Waals surface area contributed by atoms with Crippen molar-refractivity contribution in [1.82, 2.24) is 0 Å². The average Bonchev–Trinajstić information content (AvgIpc) is 2.55. The second kappa shape index (κ2) is 14.0. The minimum atomic E-state index is -4.20. The van der Waals surface area contributed by atoms with Crippen molar-refractivity contribution < 1.29 is 47.3 Å². The summed E-state index contributed by atoms with van der Waals surface area (Å²) in [5, 5.41) is 0. The molecule has 0 aliphatic rings. The molecule has 144 valence electrons. The van der Waals surface area contributed by atoms with Gasteiger partial charge in [-0.3, -0.25) is 0 Å². The summed E-state index contributed by atoms with van der Waals surface area (Å²) < 4.78 is 38.7. The van der Waals surface area contributed by atoms with Gasteiger partial charge in [-0.2, -0.15) is 0 Å². The molecule has 6 heteroatoms. The molecule has 0 saturated carbocycles. The van der Waals surface area contributed by atoms with E-state index in [-0.39, 0.29) is 47.8 Å². The van der Waals surface area contributed by atoms with Gasteiger partial charge in [-0.15, -0.1) is 0 Å². The molecule has 0 saturated heterocycles. The van der Waals surface area contributed by atoms with Crippen molar-refractivity contribution in [2.75, 3.05) is 5.75 Å². The van der Waals surface area contributed by atoms with E-state index in [1.807, 2.05) is 6.92 Å². The zero-order chi connectivity index (χ0) is 18.7. The molecule has 1 unspecified atom stereocenters. The number of aryl methyl sites for hydroxylation is 2. The van der Waals surface area contributed by atoms with Crippen molar-refractivity contribution in [3.63, 3.8) is 0 Å². The Morgan fingerprint density at radius 2 is 1.50 bits per heavy atom. The van der Waals surface area contributed by atoms with Crippen LogP contribution in [0.5, 0.6) is 5.75 Å². The first kappa shape index (κ1) is 25.9. The third kappa shape index (κ3) is 10.9. The Balaban J connectivity index is 0.00000625. The quantitative estimate of drug-likeness (QED) is 0.292. The largest absolute Gasteiger partial charge is 1.00 e. The first-order valence-corrected chi connectivity index (χ1v) is 11.2. The fourth-order valence-electron chi connectivity index (χ4n) is 2.88. The summed E-state index contributed by atoms with van der Waals surface area (Å²) in [7, 11) is -4.20. The average molecular weight is 393 g/mol. The van der Waals surface area contributed by atoms with Gasteiger partial charge >= 0.3 is 29.6 Å². The van der Waals surface area contributed by atoms with Crippen molar-refractivity contribution >= 4 is 10.1 Å². The van der Waals surface area contributed by atoms with Gasteiger partial charge in [0, 0.05) is 5.75 Å². The molecule has 1 rings (SSSR count). The van der Waals surface area contributed by atoms with Crippen LogP contribution in [0.2, 0.25) is 0 Å². The zero-order valence-electron chi connectivity index (χ0n) is 16.9. The number of benzene rings is 1. The van der Waals surface area contributed by atoms with Crippen molar-refractivity contribution in [3.8, 4) is 5.75 Å². The Bertz CT molecular complexity index is 574. The van der Waals surface area contributed by atoms with E-state index in [1.165, 1.54) is 36.8 Å². The fraction of sp³-hybridized carbons (Fsp3) is 0.700. The van der Waals surface area contributed by atoms with Gasteiger partial charge in [-0.05, 0) is 50.2 Å². The molecule has 1 aromatic rings. The van der Waals surface area contributed by atoms with Crippen LogP contribution in [-0.2, 0) is 23.0 Å². The zero-order valence-corrected chi connectivity index (χ0v) is 19.7. The summed E-state index contributed by atoms with van der Waals surface area (Å²) in [5.74, 6) is 0.530. The van der Waals surface area contributed by atoms with E-state index in [0.29, 0.717) is 0 Å². The molecule has 1 aromatic carbocycles. The Hall–Kier alpha value is -0.0700. The molecule has 0 aliphatic carbocycles. The first-order valence-electron chi connectivity index (χ1n) is 9.58. The van der Waals surface area contributed by atoms with Crippen molar-refractivity contribution in [3.05, 3.63) is 29.3 Å². The Labute approximate surface area is 182 Å². The second-order valence-electron chi connectivity index (χ2n) is 6.80. The fourth-order valence-corrected chi connectivity index (χ4v) is 3.51. The van der Waals surface area contributed by atoms with Crippen LogP contribution in [0.1, 0.15) is 76.8 Å². The summed E-state index contributed by atoms with van der Waals surface area (Å²) >= 11 is 0. The molecule has 0 aliphatic heterocycles. The Morgan fingerprint density at radius 1 is 1.00 bits per heavy atom. The third-order valence-corrected chi connectivity index (χ3v) is 5.11. The van der Waals surface area contributed by atoms with E-state index in [9.17, 15) is 13.0 Å². The van der Waals surface area contributed by atoms with Gasteiger partial charge in [0.2, 0.25) is 0 Å². The van der Waals surface area contributed by atoms with Gasteiger partial charge in [0.25, 0.3) is 0 Å². The predicted octanol–water partition coefficient (Wildman–Crippen LogP) is 1.86. The van der Waals surface area contributed by atoms with Crippen LogP contribution in [0, 0.1) is 0 Å². The third-order valence-electron chi connectivity index (χ3n) is 4.37. The molecular formula is C20H33NaO4S. The Kier molecular flexibility index (Phi) is 14.0. The number of hydrogen-bond donors (Lipinski definition) is 0. The van der Waals surface area contributed by atoms with E-state index in [1.54, 1.807) is 0 Å². The maximum Gasteiger partial charge on any atom is 1.00 e. The van der Waals surface area contributed by atoms with Crippen LogP contribution in [0.4, 0.5) is 0 Å². The van der Waals surface area contributed by atoms with Crippen LogP contribution >= 0.6 is 0 Å². The van der Waals surface area contributed by atoms with Crippen molar-refractivity contribution in [2.45, 2.75) is 84.7 Å². The summed E-state index contributed by atoms with van der Waals surface area (Å²) in [4.78, 5) is 0. The molecule has 0 heterocycles. The number of unbranched alkanes of at least 4 members (excludes halogenated alkanes) is 4. The van der Waals surface area contributed by atoms with Gasteiger partial charge in [0.05, 0.1) is 16.2 Å². The topological polar surface area (TPSA) is 66.4 Å². The summed E-state index contributed by atoms with van der Waals surface area (Å²) in [5.41, 5.74) is 2.39. The monoisotopic (exact) mass is 392 g/mol. The number of hydrogen-bond acceptors (Lipinski definition) is 4. The van der Waals surface area contributed by atoms with Gasteiger partial charge in [0.15, 0.2) is 0 Å². The number of ether oxygens (including phenoxy) is 1. The van der Waals surface area contributed by atoms with Crippen LogP contribution in [0.15, 0.2) is 18.2 Å². The first-order chi connectivity index (χ1) is 11.9. The smallest absolute Gasteiger partial charge is 0.748 e. The van der Waals surface area contributed by atoms with E-state index >= 15 is 0 Å². The van der Waals surface area contributed by atoms with Crippen LogP contribution in [0.3, 0.4) is 0 Å². The molecule has 26 heavy (non-hydrogen) atoms. The molecule has 1 atom stereocenters. The SMILES string of the molecule is CCCCCc1cccc(CCCCC)c1OC(C)CCS(=O)(=O)[O-].[Na+]. The molecule has 0 fully saturated rings. The molecule has 0 spiro atoms. The van der Waals surface area contributed by atoms with Gasteiger partial charge < -0.3 is 9.29 Å². The van der Waals surface area contributed by atoms with E-state index < -0.39 is 10.1 Å². The normalized spacial score (nSPS) is 12.5. The molecular weight excluding hydrogens is 359 g/mol. The molecule has 0 N–H and O–H groups in total. The number of rotatable bonds is 13. The van der Waals surface area contributed by atoms with E-state index in [2.05, 4.69) is 32.0 Å². The van der Waals surface area contributed by atoms with E-state index in [0.717, 1.165) is 31.4 Å². The maximum absolute atomic E-state index is 10.9. The molecule has 0 radical (unpaired) electrons. The molecule has 0 amide bonds. The summed E-state index contributed by atoms with van der Waals surface area (Å²) in [6.45, 7) is 6.21. The van der Waals surface area contributed by atoms with Gasteiger partial charge in [-0.1, -0.05) is 57.7 Å².